The van der Waals surface area contributed by atoms with Gasteiger partial charge in [-0.15, -0.1) is 0 Å². The summed E-state index contributed by atoms with van der Waals surface area (Å²) in [5, 5.41) is 0. The van der Waals surface area contributed by atoms with Gasteiger partial charge in [0.05, 0.1) is 7.11 Å². The average Bonchev–Trinajstić information content (AvgIpc) is 2.81. The van der Waals surface area contributed by atoms with Crippen LogP contribution >= 0.6 is 0 Å². The standard InChI is InChI=1S/C17H26N2O/c1-20-17-11-14-5-2-4-13(14)10-15(17)12-19-8-3-6-16(18)7-9-19/h10-11,16H,2-9,12,18H2,1H3/t16-/m1/s1. The summed E-state index contributed by atoms with van der Waals surface area (Å²) in [7, 11) is 1.79. The molecule has 1 aromatic carbocycles. The summed E-state index contributed by atoms with van der Waals surface area (Å²) in [6.07, 6.45) is 7.24. The number of benzene rings is 1. The zero-order chi connectivity index (χ0) is 13.9. The van der Waals surface area contributed by atoms with Gasteiger partial charge >= 0.3 is 0 Å². The lowest BCUT2D eigenvalue weighted by Crippen LogP contribution is -2.26. The number of fused-ring (bicyclic) bond motifs is 1. The first-order valence-corrected chi connectivity index (χ1v) is 7.93. The zero-order valence-electron chi connectivity index (χ0n) is 12.5. The second-order valence-corrected chi connectivity index (χ2v) is 6.25. The van der Waals surface area contributed by atoms with Crippen LogP contribution in [0, 0.1) is 0 Å². The molecule has 0 spiro atoms. The van der Waals surface area contributed by atoms with Gasteiger partial charge in [-0.2, -0.15) is 0 Å². The number of aryl methyl sites for hydroxylation is 2. The Morgan fingerprint density at radius 3 is 2.75 bits per heavy atom. The molecule has 0 unspecified atom stereocenters. The highest BCUT2D eigenvalue weighted by Gasteiger charge is 2.19. The van der Waals surface area contributed by atoms with Crippen LogP contribution in [-0.4, -0.2) is 31.1 Å². The Kier molecular flexibility index (Phi) is 4.27. The van der Waals surface area contributed by atoms with Crippen molar-refractivity contribution in [1.82, 2.24) is 4.90 Å². The molecule has 0 amide bonds. The molecule has 3 nitrogen and oxygen atoms in total. The summed E-state index contributed by atoms with van der Waals surface area (Å²) in [6, 6.07) is 5.04. The number of hydrogen-bond acceptors (Lipinski definition) is 3. The van der Waals surface area contributed by atoms with Gasteiger partial charge in [0.25, 0.3) is 0 Å². The molecule has 3 rings (SSSR count). The van der Waals surface area contributed by atoms with Gasteiger partial charge in [-0.05, 0) is 68.8 Å². The van der Waals surface area contributed by atoms with Crippen LogP contribution in [0.2, 0.25) is 0 Å². The van der Waals surface area contributed by atoms with Gasteiger partial charge in [0.1, 0.15) is 5.75 Å². The van der Waals surface area contributed by atoms with Crippen molar-refractivity contribution >= 4 is 0 Å². The predicted molar refractivity (Wildman–Crippen MR) is 82.1 cm³/mol. The van der Waals surface area contributed by atoms with E-state index in [0.717, 1.165) is 38.2 Å². The summed E-state index contributed by atoms with van der Waals surface area (Å²) in [6.45, 7) is 3.28. The van der Waals surface area contributed by atoms with Crippen LogP contribution in [0.15, 0.2) is 12.1 Å². The van der Waals surface area contributed by atoms with E-state index in [1.807, 2.05) is 0 Å². The number of likely N-dealkylation sites (tertiary alicyclic amines) is 1. The third-order valence-electron chi connectivity index (χ3n) is 4.75. The van der Waals surface area contributed by atoms with Crippen molar-refractivity contribution in [2.24, 2.45) is 5.73 Å². The zero-order valence-corrected chi connectivity index (χ0v) is 12.5. The highest BCUT2D eigenvalue weighted by molar-refractivity contribution is 5.44. The van der Waals surface area contributed by atoms with Crippen LogP contribution in [0.1, 0.15) is 42.4 Å². The van der Waals surface area contributed by atoms with Crippen LogP contribution < -0.4 is 10.5 Å². The molecule has 2 aliphatic rings. The molecule has 110 valence electrons. The second kappa shape index (κ2) is 6.15. The summed E-state index contributed by atoms with van der Waals surface area (Å²) in [5.41, 5.74) is 10.4. The van der Waals surface area contributed by atoms with E-state index in [-0.39, 0.29) is 0 Å². The number of hydrogen-bond donors (Lipinski definition) is 1. The molecule has 0 saturated carbocycles. The molecule has 1 fully saturated rings. The Morgan fingerprint density at radius 2 is 1.95 bits per heavy atom. The molecule has 1 saturated heterocycles. The molecule has 0 aromatic heterocycles. The van der Waals surface area contributed by atoms with Crippen molar-refractivity contribution in [3.8, 4) is 5.75 Å². The molecule has 0 bridgehead atoms. The Morgan fingerprint density at radius 1 is 1.15 bits per heavy atom. The van der Waals surface area contributed by atoms with E-state index in [9.17, 15) is 0 Å². The van der Waals surface area contributed by atoms with Crippen molar-refractivity contribution in [3.05, 3.63) is 28.8 Å². The van der Waals surface area contributed by atoms with Crippen molar-refractivity contribution in [3.63, 3.8) is 0 Å². The molecular formula is C17H26N2O. The Balaban J connectivity index is 1.76. The quantitative estimate of drug-likeness (QED) is 0.920. The van der Waals surface area contributed by atoms with Gasteiger partial charge in [0.2, 0.25) is 0 Å². The predicted octanol–water partition coefficient (Wildman–Crippen LogP) is 2.50. The first-order valence-electron chi connectivity index (χ1n) is 7.93. The highest BCUT2D eigenvalue weighted by Crippen LogP contribution is 2.31. The summed E-state index contributed by atoms with van der Waals surface area (Å²) in [4.78, 5) is 2.53. The van der Waals surface area contributed by atoms with E-state index in [0.29, 0.717) is 6.04 Å². The average molecular weight is 274 g/mol. The molecule has 1 atom stereocenters. The smallest absolute Gasteiger partial charge is 0.123 e. The van der Waals surface area contributed by atoms with Crippen molar-refractivity contribution in [2.45, 2.75) is 51.1 Å². The Hall–Kier alpha value is -1.06. The first-order chi connectivity index (χ1) is 9.76. The molecule has 1 aliphatic heterocycles. The van der Waals surface area contributed by atoms with E-state index >= 15 is 0 Å². The number of rotatable bonds is 3. The van der Waals surface area contributed by atoms with Crippen molar-refractivity contribution < 1.29 is 4.74 Å². The van der Waals surface area contributed by atoms with Crippen LogP contribution in [0.3, 0.4) is 0 Å². The number of methoxy groups -OCH3 is 1. The number of nitrogens with zero attached hydrogens (tertiary/aromatic N) is 1. The minimum Gasteiger partial charge on any atom is -0.496 e. The third kappa shape index (κ3) is 2.99. The maximum Gasteiger partial charge on any atom is 0.123 e. The van der Waals surface area contributed by atoms with E-state index in [1.165, 1.54) is 42.4 Å². The van der Waals surface area contributed by atoms with Crippen molar-refractivity contribution in [2.75, 3.05) is 20.2 Å². The van der Waals surface area contributed by atoms with E-state index in [1.54, 1.807) is 7.11 Å². The molecule has 1 heterocycles. The fraction of sp³-hybridized carbons (Fsp3) is 0.647. The first kappa shape index (κ1) is 13.9. The molecule has 3 heteroatoms. The Bertz CT molecular complexity index is 472. The molecular weight excluding hydrogens is 248 g/mol. The van der Waals surface area contributed by atoms with E-state index in [2.05, 4.69) is 17.0 Å². The minimum atomic E-state index is 0.391. The molecule has 20 heavy (non-hydrogen) atoms. The van der Waals surface area contributed by atoms with Gasteiger partial charge in [0, 0.05) is 18.2 Å². The lowest BCUT2D eigenvalue weighted by molar-refractivity contribution is 0.270. The minimum absolute atomic E-state index is 0.391. The molecule has 1 aliphatic carbocycles. The third-order valence-corrected chi connectivity index (χ3v) is 4.75. The van der Waals surface area contributed by atoms with Crippen LogP contribution in [-0.2, 0) is 19.4 Å². The summed E-state index contributed by atoms with van der Waals surface area (Å²) in [5.74, 6) is 1.07. The maximum atomic E-state index is 6.07. The summed E-state index contributed by atoms with van der Waals surface area (Å²) < 4.78 is 5.61. The van der Waals surface area contributed by atoms with Gasteiger partial charge < -0.3 is 10.5 Å². The maximum absolute atomic E-state index is 6.07. The van der Waals surface area contributed by atoms with Crippen LogP contribution in [0.25, 0.3) is 0 Å². The number of nitrogens with two attached hydrogens (primary N) is 1. The van der Waals surface area contributed by atoms with Gasteiger partial charge in [-0.25, -0.2) is 0 Å². The topological polar surface area (TPSA) is 38.5 Å². The van der Waals surface area contributed by atoms with Crippen LogP contribution in [0.4, 0.5) is 0 Å². The van der Waals surface area contributed by atoms with Crippen molar-refractivity contribution in [1.29, 1.82) is 0 Å². The van der Waals surface area contributed by atoms with E-state index < -0.39 is 0 Å². The second-order valence-electron chi connectivity index (χ2n) is 6.25. The molecule has 0 radical (unpaired) electrons. The van der Waals surface area contributed by atoms with Gasteiger partial charge in [-0.1, -0.05) is 6.07 Å². The normalized spacial score (nSPS) is 23.4. The molecule has 1 aromatic rings. The largest absolute Gasteiger partial charge is 0.496 e. The highest BCUT2D eigenvalue weighted by atomic mass is 16.5. The van der Waals surface area contributed by atoms with Crippen LogP contribution in [0.5, 0.6) is 5.75 Å². The SMILES string of the molecule is COc1cc2c(cc1CN1CCC[C@@H](N)CC1)CCC2. The lowest BCUT2D eigenvalue weighted by atomic mass is 10.0. The lowest BCUT2D eigenvalue weighted by Gasteiger charge is -2.22. The fourth-order valence-corrected chi connectivity index (χ4v) is 3.55. The van der Waals surface area contributed by atoms with Gasteiger partial charge in [-0.3, -0.25) is 4.90 Å². The fourth-order valence-electron chi connectivity index (χ4n) is 3.55. The number of ether oxygens (including phenoxy) is 1. The molecule has 2 N–H and O–H groups in total. The summed E-state index contributed by atoms with van der Waals surface area (Å²) >= 11 is 0. The van der Waals surface area contributed by atoms with Gasteiger partial charge in [0.15, 0.2) is 0 Å². The monoisotopic (exact) mass is 274 g/mol. The Labute approximate surface area is 122 Å². The van der Waals surface area contributed by atoms with E-state index in [4.69, 9.17) is 10.5 Å².